The zero-order valence-corrected chi connectivity index (χ0v) is 6.13. The molecule has 1 aliphatic rings. The largest absolute Gasteiger partial charge is 0.478 e. The summed E-state index contributed by atoms with van der Waals surface area (Å²) in [6.07, 6.45) is 3.37. The highest BCUT2D eigenvalue weighted by atomic mass is 16.4. The van der Waals surface area contributed by atoms with Gasteiger partial charge in [0.1, 0.15) is 5.57 Å². The minimum absolute atomic E-state index is 0.115. The molecule has 0 unspecified atom stereocenters. The first-order valence-corrected chi connectivity index (χ1v) is 3.26. The Labute approximate surface area is 64.0 Å². The molecule has 0 heterocycles. The maximum absolute atomic E-state index is 10.9. The third kappa shape index (κ3) is 1.55. The first-order chi connectivity index (χ1) is 5.11. The lowest BCUT2D eigenvalue weighted by Crippen LogP contribution is -2.12. The van der Waals surface area contributed by atoms with Gasteiger partial charge < -0.3 is 5.11 Å². The van der Waals surface area contributed by atoms with E-state index < -0.39 is 11.8 Å². The number of ketones is 1. The van der Waals surface area contributed by atoms with Crippen LogP contribution in [0.4, 0.5) is 0 Å². The van der Waals surface area contributed by atoms with Crippen LogP contribution in [0.3, 0.4) is 0 Å². The van der Waals surface area contributed by atoms with Crippen molar-refractivity contribution < 1.29 is 14.7 Å². The van der Waals surface area contributed by atoms with E-state index in [-0.39, 0.29) is 5.57 Å². The normalized spacial score (nSPS) is 17.4. The number of carboxylic acid groups (broad SMARTS) is 1. The summed E-state index contributed by atoms with van der Waals surface area (Å²) in [6, 6.07) is 0. The number of carbonyl (C=O) groups is 2. The van der Waals surface area contributed by atoms with Crippen LogP contribution in [0.25, 0.3) is 0 Å². The van der Waals surface area contributed by atoms with Crippen molar-refractivity contribution in [3.05, 3.63) is 23.3 Å². The van der Waals surface area contributed by atoms with Gasteiger partial charge in [0.15, 0.2) is 5.78 Å². The van der Waals surface area contributed by atoms with Crippen molar-refractivity contribution in [2.75, 3.05) is 0 Å². The quantitative estimate of drug-likeness (QED) is 0.568. The van der Waals surface area contributed by atoms with Crippen molar-refractivity contribution >= 4 is 11.8 Å². The van der Waals surface area contributed by atoms with Crippen LogP contribution in [0.15, 0.2) is 23.3 Å². The number of carboxylic acids is 1. The Balaban J connectivity index is 2.89. The number of allylic oxidation sites excluding steroid dienone is 3. The van der Waals surface area contributed by atoms with Crippen LogP contribution in [-0.2, 0) is 9.59 Å². The predicted octanol–water partition coefficient (Wildman–Crippen LogP) is 0.917. The lowest BCUT2D eigenvalue weighted by molar-refractivity contribution is -0.134. The summed E-state index contributed by atoms with van der Waals surface area (Å²) < 4.78 is 0. The Morgan fingerprint density at radius 2 is 2.27 bits per heavy atom. The van der Waals surface area contributed by atoms with E-state index in [9.17, 15) is 9.59 Å². The zero-order chi connectivity index (χ0) is 8.43. The summed E-state index contributed by atoms with van der Waals surface area (Å²) in [5.74, 6) is -1.54. The van der Waals surface area contributed by atoms with E-state index >= 15 is 0 Å². The van der Waals surface area contributed by atoms with Crippen molar-refractivity contribution in [1.29, 1.82) is 0 Å². The van der Waals surface area contributed by atoms with Gasteiger partial charge >= 0.3 is 5.97 Å². The molecule has 0 atom stereocenters. The smallest absolute Gasteiger partial charge is 0.339 e. The molecule has 0 saturated carbocycles. The van der Waals surface area contributed by atoms with Crippen LogP contribution >= 0.6 is 0 Å². The molecule has 1 aliphatic carbocycles. The molecule has 0 radical (unpaired) electrons. The van der Waals surface area contributed by atoms with E-state index in [1.807, 2.05) is 0 Å². The molecule has 0 aromatic heterocycles. The Kier molecular flexibility index (Phi) is 1.89. The SMILES string of the molecule is CC1=CC(=O)C(C(=O)O)=CC1. The third-order valence-corrected chi connectivity index (χ3v) is 1.50. The molecule has 0 spiro atoms. The number of rotatable bonds is 1. The molecule has 0 amide bonds. The van der Waals surface area contributed by atoms with Gasteiger partial charge in [-0.2, -0.15) is 0 Å². The van der Waals surface area contributed by atoms with Crippen LogP contribution in [0.1, 0.15) is 13.3 Å². The second-order valence-electron chi connectivity index (χ2n) is 2.48. The van der Waals surface area contributed by atoms with Gasteiger partial charge in [0.05, 0.1) is 0 Å². The number of carbonyl (C=O) groups excluding carboxylic acids is 1. The Morgan fingerprint density at radius 1 is 1.64 bits per heavy atom. The molecule has 58 valence electrons. The van der Waals surface area contributed by atoms with Crippen LogP contribution in [0, 0.1) is 0 Å². The second kappa shape index (κ2) is 2.70. The summed E-state index contributed by atoms with van der Waals surface area (Å²) >= 11 is 0. The van der Waals surface area contributed by atoms with Crippen molar-refractivity contribution in [2.24, 2.45) is 0 Å². The topological polar surface area (TPSA) is 54.4 Å². The molecule has 0 aliphatic heterocycles. The van der Waals surface area contributed by atoms with E-state index in [0.717, 1.165) is 5.57 Å². The maximum Gasteiger partial charge on any atom is 0.339 e. The highest BCUT2D eigenvalue weighted by Crippen LogP contribution is 2.13. The molecule has 0 fully saturated rings. The van der Waals surface area contributed by atoms with Gasteiger partial charge in [0.25, 0.3) is 0 Å². The van der Waals surface area contributed by atoms with Crippen molar-refractivity contribution in [3.63, 3.8) is 0 Å². The van der Waals surface area contributed by atoms with Gasteiger partial charge in [-0.1, -0.05) is 11.6 Å². The van der Waals surface area contributed by atoms with E-state index in [1.54, 1.807) is 6.92 Å². The fourth-order valence-corrected chi connectivity index (χ4v) is 0.917. The van der Waals surface area contributed by atoms with E-state index in [0.29, 0.717) is 6.42 Å². The molecule has 11 heavy (non-hydrogen) atoms. The summed E-state index contributed by atoms with van der Waals surface area (Å²) in [4.78, 5) is 21.3. The zero-order valence-electron chi connectivity index (χ0n) is 6.13. The average molecular weight is 152 g/mol. The highest BCUT2D eigenvalue weighted by molar-refractivity contribution is 6.21. The van der Waals surface area contributed by atoms with Gasteiger partial charge in [-0.05, 0) is 19.4 Å². The summed E-state index contributed by atoms with van der Waals surface area (Å²) in [6.45, 7) is 1.80. The molecule has 0 bridgehead atoms. The van der Waals surface area contributed by atoms with Crippen LogP contribution in [0.5, 0.6) is 0 Å². The first-order valence-electron chi connectivity index (χ1n) is 3.26. The standard InChI is InChI=1S/C8H8O3/c1-5-2-3-6(8(10)11)7(9)4-5/h3-4H,2H2,1H3,(H,10,11). The summed E-state index contributed by atoms with van der Waals surface area (Å²) in [5.41, 5.74) is 0.788. The first kappa shape index (κ1) is 7.72. The summed E-state index contributed by atoms with van der Waals surface area (Å²) in [5, 5.41) is 8.48. The van der Waals surface area contributed by atoms with Crippen molar-refractivity contribution in [1.82, 2.24) is 0 Å². The summed E-state index contributed by atoms with van der Waals surface area (Å²) in [7, 11) is 0. The van der Waals surface area contributed by atoms with Crippen LogP contribution in [-0.4, -0.2) is 16.9 Å². The van der Waals surface area contributed by atoms with Crippen molar-refractivity contribution in [2.45, 2.75) is 13.3 Å². The van der Waals surface area contributed by atoms with E-state index in [2.05, 4.69) is 0 Å². The molecule has 0 aromatic rings. The third-order valence-electron chi connectivity index (χ3n) is 1.50. The molecular formula is C8H8O3. The van der Waals surface area contributed by atoms with Gasteiger partial charge in [-0.25, -0.2) is 4.79 Å². The minimum atomic E-state index is -1.14. The predicted molar refractivity (Wildman–Crippen MR) is 39.1 cm³/mol. The average Bonchev–Trinajstić information content (AvgIpc) is 1.85. The van der Waals surface area contributed by atoms with Gasteiger partial charge in [-0.3, -0.25) is 4.79 Å². The number of aliphatic carboxylic acids is 1. The Hall–Kier alpha value is -1.38. The Morgan fingerprint density at radius 3 is 2.73 bits per heavy atom. The molecule has 1 N–H and O–H groups in total. The molecular weight excluding hydrogens is 144 g/mol. The highest BCUT2D eigenvalue weighted by Gasteiger charge is 2.17. The van der Waals surface area contributed by atoms with Gasteiger partial charge in [-0.15, -0.1) is 0 Å². The Bertz CT molecular complexity index is 271. The van der Waals surface area contributed by atoms with Crippen LogP contribution in [0.2, 0.25) is 0 Å². The second-order valence-corrected chi connectivity index (χ2v) is 2.48. The van der Waals surface area contributed by atoms with Crippen LogP contribution < -0.4 is 0 Å². The molecule has 1 rings (SSSR count). The fourth-order valence-electron chi connectivity index (χ4n) is 0.917. The van der Waals surface area contributed by atoms with E-state index in [4.69, 9.17) is 5.11 Å². The van der Waals surface area contributed by atoms with E-state index in [1.165, 1.54) is 12.2 Å². The number of hydrogen-bond donors (Lipinski definition) is 1. The van der Waals surface area contributed by atoms with Gasteiger partial charge in [0, 0.05) is 0 Å². The number of hydrogen-bond acceptors (Lipinski definition) is 2. The fraction of sp³-hybridized carbons (Fsp3) is 0.250. The molecule has 0 aromatic carbocycles. The molecule has 3 heteroatoms. The molecule has 0 saturated heterocycles. The maximum atomic E-state index is 10.9. The lowest BCUT2D eigenvalue weighted by atomic mass is 10.00. The lowest BCUT2D eigenvalue weighted by Gasteiger charge is -2.04. The van der Waals surface area contributed by atoms with Gasteiger partial charge in [0.2, 0.25) is 0 Å². The monoisotopic (exact) mass is 152 g/mol. The molecule has 3 nitrogen and oxygen atoms in total. The van der Waals surface area contributed by atoms with Crippen molar-refractivity contribution in [3.8, 4) is 0 Å². The minimum Gasteiger partial charge on any atom is -0.478 e.